The number of pyridine rings is 1. The Labute approximate surface area is 175 Å². The van der Waals surface area contributed by atoms with E-state index in [2.05, 4.69) is 39.9 Å². The molecule has 0 aliphatic rings. The second-order valence-corrected chi connectivity index (χ2v) is 7.17. The smallest absolute Gasteiger partial charge is 0.253 e. The van der Waals surface area contributed by atoms with Crippen molar-refractivity contribution in [1.82, 2.24) is 4.98 Å². The zero-order valence-electron chi connectivity index (χ0n) is 16.5. The Hall–Kier alpha value is -3.73. The lowest BCUT2D eigenvalue weighted by Gasteiger charge is -2.20. The number of hydrogen-bond donors (Lipinski definition) is 2. The van der Waals surface area contributed by atoms with Gasteiger partial charge >= 0.3 is 0 Å². The van der Waals surface area contributed by atoms with Crippen molar-refractivity contribution in [2.75, 3.05) is 17.2 Å². The van der Waals surface area contributed by atoms with Gasteiger partial charge in [-0.15, -0.1) is 0 Å². The summed E-state index contributed by atoms with van der Waals surface area (Å²) >= 11 is 0. The first-order valence-corrected chi connectivity index (χ1v) is 10.0. The van der Waals surface area contributed by atoms with Crippen LogP contribution in [0.2, 0.25) is 0 Å². The average molecular weight is 397 g/mol. The Balaban J connectivity index is 1.43. The zero-order chi connectivity index (χ0) is 20.8. The number of nitrogens with zero attached hydrogens (tertiary/aromatic N) is 1. The van der Waals surface area contributed by atoms with E-state index < -0.39 is 10.9 Å². The van der Waals surface area contributed by atoms with Gasteiger partial charge < -0.3 is 10.6 Å². The predicted octanol–water partition coefficient (Wildman–Crippen LogP) is 3.92. The number of anilines is 2. The first-order chi connectivity index (χ1) is 14.7. The van der Waals surface area contributed by atoms with Crippen molar-refractivity contribution >= 4 is 11.4 Å². The summed E-state index contributed by atoms with van der Waals surface area (Å²) in [6, 6.07) is 26.2. The molecule has 2 N–H and O–H groups in total. The molecule has 0 fully saturated rings. The number of hydrogen-bond acceptors (Lipinski definition) is 5. The van der Waals surface area contributed by atoms with Crippen LogP contribution >= 0.6 is 0 Å². The summed E-state index contributed by atoms with van der Waals surface area (Å²) in [5.41, 5.74) is 3.04. The maximum atomic E-state index is 12.1. The lowest BCUT2D eigenvalue weighted by Crippen LogP contribution is -2.37. The van der Waals surface area contributed by atoms with Crippen LogP contribution < -0.4 is 21.5 Å². The Bertz CT molecular complexity index is 1110. The van der Waals surface area contributed by atoms with E-state index in [1.54, 1.807) is 6.20 Å². The molecule has 0 bridgehead atoms. The van der Waals surface area contributed by atoms with E-state index in [0.29, 0.717) is 24.5 Å². The van der Waals surface area contributed by atoms with Crippen LogP contribution in [0.15, 0.2) is 94.6 Å². The SMILES string of the molecule is O=c1c(NCCC(c2ccccc2)c2ccccc2)c(NCc2ccccn2)c1=O. The third kappa shape index (κ3) is 4.30. The molecule has 4 rings (SSSR count). The molecule has 0 unspecified atom stereocenters. The molecule has 0 aliphatic carbocycles. The lowest BCUT2D eigenvalue weighted by molar-refractivity contribution is 0.744. The summed E-state index contributed by atoms with van der Waals surface area (Å²) < 4.78 is 0. The standard InChI is InChI=1S/C25H23N3O2/c29-24-22(23(25(24)30)28-17-20-13-7-8-15-26-20)27-16-14-21(18-9-3-1-4-10-18)19-11-5-2-6-12-19/h1-13,15,21,27-28H,14,16-17H2. The first kappa shape index (κ1) is 19.6. The molecule has 1 aromatic heterocycles. The summed E-state index contributed by atoms with van der Waals surface area (Å²) in [4.78, 5) is 28.3. The highest BCUT2D eigenvalue weighted by atomic mass is 16.2. The summed E-state index contributed by atoms with van der Waals surface area (Å²) in [6.07, 6.45) is 2.50. The number of nitrogens with one attached hydrogen (secondary N) is 2. The minimum Gasteiger partial charge on any atom is -0.380 e. The molecule has 150 valence electrons. The van der Waals surface area contributed by atoms with Crippen LogP contribution in [-0.2, 0) is 6.54 Å². The molecule has 3 aromatic carbocycles. The molecule has 4 aromatic rings. The van der Waals surface area contributed by atoms with Crippen molar-refractivity contribution in [3.05, 3.63) is 122 Å². The lowest BCUT2D eigenvalue weighted by atomic mass is 9.88. The molecule has 1 heterocycles. The fourth-order valence-electron chi connectivity index (χ4n) is 3.65. The van der Waals surface area contributed by atoms with Crippen molar-refractivity contribution in [3.63, 3.8) is 0 Å². The normalized spacial score (nSPS) is 11.0. The molecule has 0 spiro atoms. The van der Waals surface area contributed by atoms with Gasteiger partial charge in [-0.2, -0.15) is 0 Å². The maximum absolute atomic E-state index is 12.1. The van der Waals surface area contributed by atoms with Crippen molar-refractivity contribution in [3.8, 4) is 0 Å². The van der Waals surface area contributed by atoms with Crippen LogP contribution in [0.4, 0.5) is 11.4 Å². The molecule has 5 heteroatoms. The highest BCUT2D eigenvalue weighted by molar-refractivity contribution is 5.73. The van der Waals surface area contributed by atoms with Crippen molar-refractivity contribution < 1.29 is 0 Å². The van der Waals surface area contributed by atoms with Gasteiger partial charge in [0.2, 0.25) is 0 Å². The van der Waals surface area contributed by atoms with Crippen LogP contribution in [0.3, 0.4) is 0 Å². The number of aromatic nitrogens is 1. The van der Waals surface area contributed by atoms with E-state index in [0.717, 1.165) is 12.1 Å². The predicted molar refractivity (Wildman–Crippen MR) is 121 cm³/mol. The van der Waals surface area contributed by atoms with Crippen LogP contribution in [0.5, 0.6) is 0 Å². The van der Waals surface area contributed by atoms with Gasteiger partial charge in [-0.25, -0.2) is 0 Å². The molecule has 0 saturated carbocycles. The second-order valence-electron chi connectivity index (χ2n) is 7.17. The second kappa shape index (κ2) is 9.18. The van der Waals surface area contributed by atoms with E-state index in [1.807, 2.05) is 54.6 Å². The number of rotatable bonds is 9. The summed E-state index contributed by atoms with van der Waals surface area (Å²) in [5, 5.41) is 6.23. The Morgan fingerprint density at radius 3 is 1.83 bits per heavy atom. The van der Waals surface area contributed by atoms with Gasteiger partial charge in [0.15, 0.2) is 0 Å². The third-order valence-corrected chi connectivity index (χ3v) is 5.22. The third-order valence-electron chi connectivity index (χ3n) is 5.22. The van der Waals surface area contributed by atoms with Crippen LogP contribution in [0, 0.1) is 0 Å². The quantitative estimate of drug-likeness (QED) is 0.419. The van der Waals surface area contributed by atoms with Gasteiger partial charge in [0.25, 0.3) is 10.9 Å². The molecule has 0 radical (unpaired) electrons. The maximum Gasteiger partial charge on any atom is 0.253 e. The van der Waals surface area contributed by atoms with E-state index in [1.165, 1.54) is 11.1 Å². The largest absolute Gasteiger partial charge is 0.380 e. The summed E-state index contributed by atoms with van der Waals surface area (Å²) in [5.74, 6) is 0.205. The average Bonchev–Trinajstić information content (AvgIpc) is 2.82. The Morgan fingerprint density at radius 1 is 0.700 bits per heavy atom. The van der Waals surface area contributed by atoms with Gasteiger partial charge in [-0.3, -0.25) is 14.6 Å². The molecular weight excluding hydrogens is 374 g/mol. The molecule has 0 saturated heterocycles. The fraction of sp³-hybridized carbons (Fsp3) is 0.160. The minimum atomic E-state index is -0.476. The molecular formula is C25H23N3O2. The van der Waals surface area contributed by atoms with Gasteiger partial charge in [0.1, 0.15) is 11.4 Å². The summed E-state index contributed by atoms with van der Waals surface area (Å²) in [6.45, 7) is 0.981. The van der Waals surface area contributed by atoms with E-state index in [9.17, 15) is 9.59 Å². The highest BCUT2D eigenvalue weighted by Crippen LogP contribution is 2.28. The van der Waals surface area contributed by atoms with Crippen molar-refractivity contribution in [2.24, 2.45) is 0 Å². The number of benzene rings is 2. The first-order valence-electron chi connectivity index (χ1n) is 10.0. The topological polar surface area (TPSA) is 71.1 Å². The van der Waals surface area contributed by atoms with Gasteiger partial charge in [0, 0.05) is 18.7 Å². The van der Waals surface area contributed by atoms with E-state index >= 15 is 0 Å². The molecule has 30 heavy (non-hydrogen) atoms. The van der Waals surface area contributed by atoms with E-state index in [4.69, 9.17) is 0 Å². The Morgan fingerprint density at radius 2 is 1.27 bits per heavy atom. The van der Waals surface area contributed by atoms with Crippen LogP contribution in [-0.4, -0.2) is 11.5 Å². The molecule has 0 aliphatic heterocycles. The van der Waals surface area contributed by atoms with Crippen LogP contribution in [0.25, 0.3) is 0 Å². The van der Waals surface area contributed by atoms with Gasteiger partial charge in [0.05, 0.1) is 12.2 Å². The minimum absolute atomic E-state index is 0.205. The summed E-state index contributed by atoms with van der Waals surface area (Å²) in [7, 11) is 0. The van der Waals surface area contributed by atoms with Crippen molar-refractivity contribution in [1.29, 1.82) is 0 Å². The monoisotopic (exact) mass is 397 g/mol. The highest BCUT2D eigenvalue weighted by Gasteiger charge is 2.21. The Kier molecular flexibility index (Phi) is 5.99. The van der Waals surface area contributed by atoms with Gasteiger partial charge in [-0.05, 0) is 29.7 Å². The zero-order valence-corrected chi connectivity index (χ0v) is 16.5. The van der Waals surface area contributed by atoms with E-state index in [-0.39, 0.29) is 5.92 Å². The van der Waals surface area contributed by atoms with Crippen molar-refractivity contribution in [2.45, 2.75) is 18.9 Å². The van der Waals surface area contributed by atoms with Gasteiger partial charge in [-0.1, -0.05) is 66.7 Å². The molecule has 0 atom stereocenters. The molecule has 5 nitrogen and oxygen atoms in total. The van der Waals surface area contributed by atoms with Crippen LogP contribution in [0.1, 0.15) is 29.2 Å². The molecule has 0 amide bonds. The fourth-order valence-corrected chi connectivity index (χ4v) is 3.65.